The van der Waals surface area contributed by atoms with E-state index in [1.54, 1.807) is 0 Å². The van der Waals surface area contributed by atoms with Crippen LogP contribution in [0.25, 0.3) is 27.5 Å². The first-order valence-electron chi connectivity index (χ1n) is 13.7. The molecule has 1 aliphatic heterocycles. The third-order valence-electron chi connectivity index (χ3n) is 7.72. The van der Waals surface area contributed by atoms with Gasteiger partial charge in [0.15, 0.2) is 6.29 Å². The SMILES string of the molecule is CCCC(c1ccc(OC2CCCCO2)c(-n2c3cc(C)ccc3c3ccc(C)cc32)c1)C(C)(C)C. The molecular formula is C33H41NO2. The molecule has 36 heavy (non-hydrogen) atoms. The summed E-state index contributed by atoms with van der Waals surface area (Å²) in [6, 6.07) is 20.5. The lowest BCUT2D eigenvalue weighted by molar-refractivity contribution is -0.105. The predicted molar refractivity (Wildman–Crippen MR) is 152 cm³/mol. The molecule has 1 saturated heterocycles. The van der Waals surface area contributed by atoms with Gasteiger partial charge in [0.25, 0.3) is 0 Å². The standard InChI is InChI=1S/C33H41NO2/c1-7-10-27(33(4,5)6)24-14-17-31(36-32-11-8-9-18-35-32)30(21-24)34-28-19-22(2)12-15-25(28)26-16-13-23(3)20-29(26)34/h12-17,19-21,27,32H,7-11,18H2,1-6H3. The number of hydrogen-bond acceptors (Lipinski definition) is 2. The second kappa shape index (κ2) is 9.94. The third kappa shape index (κ3) is 4.78. The largest absolute Gasteiger partial charge is 0.463 e. The van der Waals surface area contributed by atoms with Crippen molar-refractivity contribution in [1.82, 2.24) is 4.57 Å². The topological polar surface area (TPSA) is 23.4 Å². The van der Waals surface area contributed by atoms with Gasteiger partial charge in [0.05, 0.1) is 23.3 Å². The maximum absolute atomic E-state index is 6.61. The molecule has 3 heteroatoms. The van der Waals surface area contributed by atoms with Crippen LogP contribution in [0.15, 0.2) is 54.6 Å². The third-order valence-corrected chi connectivity index (χ3v) is 7.72. The summed E-state index contributed by atoms with van der Waals surface area (Å²) in [4.78, 5) is 0. The summed E-state index contributed by atoms with van der Waals surface area (Å²) < 4.78 is 15.0. The number of ether oxygens (including phenoxy) is 2. The quantitative estimate of drug-likeness (QED) is 0.273. The van der Waals surface area contributed by atoms with Crippen LogP contribution in [-0.4, -0.2) is 17.5 Å². The molecule has 0 bridgehead atoms. The lowest BCUT2D eigenvalue weighted by Crippen LogP contribution is -2.25. The van der Waals surface area contributed by atoms with Crippen LogP contribution in [0.4, 0.5) is 0 Å². The number of aromatic nitrogens is 1. The first-order valence-corrected chi connectivity index (χ1v) is 13.7. The van der Waals surface area contributed by atoms with E-state index in [0.29, 0.717) is 5.92 Å². The summed E-state index contributed by atoms with van der Waals surface area (Å²) in [5.41, 5.74) is 7.65. The Labute approximate surface area is 216 Å². The van der Waals surface area contributed by atoms with Gasteiger partial charge in [-0.1, -0.05) is 64.4 Å². The van der Waals surface area contributed by atoms with Crippen molar-refractivity contribution >= 4 is 21.8 Å². The van der Waals surface area contributed by atoms with Gasteiger partial charge in [0, 0.05) is 17.2 Å². The van der Waals surface area contributed by atoms with Gasteiger partial charge in [0.1, 0.15) is 5.75 Å². The molecule has 3 nitrogen and oxygen atoms in total. The minimum absolute atomic E-state index is 0.177. The Kier molecular flexibility index (Phi) is 6.87. The van der Waals surface area contributed by atoms with E-state index < -0.39 is 0 Å². The average molecular weight is 484 g/mol. The molecule has 1 aliphatic rings. The fourth-order valence-corrected chi connectivity index (χ4v) is 5.86. The van der Waals surface area contributed by atoms with Crippen LogP contribution in [0.1, 0.15) is 82.4 Å². The zero-order chi connectivity index (χ0) is 25.4. The van der Waals surface area contributed by atoms with Crippen LogP contribution in [0.2, 0.25) is 0 Å². The minimum Gasteiger partial charge on any atom is -0.463 e. The Hall–Kier alpha value is -2.78. The van der Waals surface area contributed by atoms with E-state index in [1.165, 1.54) is 51.3 Å². The van der Waals surface area contributed by atoms with Crippen molar-refractivity contribution in [2.24, 2.45) is 5.41 Å². The van der Waals surface area contributed by atoms with Gasteiger partial charge in [-0.15, -0.1) is 0 Å². The summed E-state index contributed by atoms with van der Waals surface area (Å²) in [7, 11) is 0. The normalized spacial score (nSPS) is 17.6. The first kappa shape index (κ1) is 24.9. The Balaban J connectivity index is 1.78. The molecule has 2 heterocycles. The van der Waals surface area contributed by atoms with Crippen molar-refractivity contribution in [3.8, 4) is 11.4 Å². The number of fused-ring (bicyclic) bond motifs is 3. The molecule has 4 aromatic rings. The van der Waals surface area contributed by atoms with Gasteiger partial charge in [-0.3, -0.25) is 0 Å². The Bertz CT molecular complexity index is 1310. The molecule has 0 amide bonds. The zero-order valence-electron chi connectivity index (χ0n) is 22.9. The molecule has 0 aliphatic carbocycles. The van der Waals surface area contributed by atoms with Crippen molar-refractivity contribution in [2.75, 3.05) is 6.61 Å². The summed E-state index contributed by atoms with van der Waals surface area (Å²) in [6.45, 7) is 14.5. The predicted octanol–water partition coefficient (Wildman–Crippen LogP) is 9.24. The second-order valence-corrected chi connectivity index (χ2v) is 11.7. The van der Waals surface area contributed by atoms with E-state index in [0.717, 1.165) is 37.3 Å². The highest BCUT2D eigenvalue weighted by atomic mass is 16.7. The number of benzene rings is 3. The summed E-state index contributed by atoms with van der Waals surface area (Å²) in [5.74, 6) is 1.37. The van der Waals surface area contributed by atoms with Gasteiger partial charge in [-0.05, 0) is 85.4 Å². The summed E-state index contributed by atoms with van der Waals surface area (Å²) in [6.07, 6.45) is 5.34. The molecule has 2 unspecified atom stereocenters. The van der Waals surface area contributed by atoms with Crippen molar-refractivity contribution in [3.05, 3.63) is 71.3 Å². The fraction of sp³-hybridized carbons (Fsp3) is 0.455. The Morgan fingerprint density at radius 1 is 0.917 bits per heavy atom. The van der Waals surface area contributed by atoms with Crippen LogP contribution in [0.5, 0.6) is 5.75 Å². The van der Waals surface area contributed by atoms with Crippen LogP contribution in [0, 0.1) is 19.3 Å². The molecule has 0 saturated carbocycles. The Morgan fingerprint density at radius 3 is 2.14 bits per heavy atom. The van der Waals surface area contributed by atoms with Gasteiger partial charge in [0.2, 0.25) is 0 Å². The van der Waals surface area contributed by atoms with E-state index in [4.69, 9.17) is 9.47 Å². The van der Waals surface area contributed by atoms with Crippen molar-refractivity contribution in [2.45, 2.75) is 85.9 Å². The van der Waals surface area contributed by atoms with Crippen LogP contribution in [0.3, 0.4) is 0 Å². The van der Waals surface area contributed by atoms with E-state index in [9.17, 15) is 0 Å². The fourth-order valence-electron chi connectivity index (χ4n) is 5.86. The van der Waals surface area contributed by atoms with Crippen LogP contribution in [-0.2, 0) is 4.74 Å². The number of rotatable bonds is 6. The van der Waals surface area contributed by atoms with Crippen molar-refractivity contribution in [3.63, 3.8) is 0 Å². The van der Waals surface area contributed by atoms with Gasteiger partial charge in [-0.2, -0.15) is 0 Å². The Morgan fingerprint density at radius 2 is 1.58 bits per heavy atom. The molecule has 190 valence electrons. The number of nitrogens with zero attached hydrogens (tertiary/aromatic N) is 1. The number of hydrogen-bond donors (Lipinski definition) is 0. The highest BCUT2D eigenvalue weighted by molar-refractivity contribution is 6.09. The van der Waals surface area contributed by atoms with Crippen molar-refractivity contribution < 1.29 is 9.47 Å². The molecule has 5 rings (SSSR count). The van der Waals surface area contributed by atoms with E-state index >= 15 is 0 Å². The van der Waals surface area contributed by atoms with Gasteiger partial charge >= 0.3 is 0 Å². The number of aryl methyl sites for hydroxylation is 2. The average Bonchev–Trinajstić information content (AvgIpc) is 3.15. The molecule has 0 spiro atoms. The molecule has 0 radical (unpaired) electrons. The highest BCUT2D eigenvalue weighted by Gasteiger charge is 2.28. The van der Waals surface area contributed by atoms with Gasteiger partial charge < -0.3 is 14.0 Å². The molecule has 1 aromatic heterocycles. The molecule has 0 N–H and O–H groups in total. The monoisotopic (exact) mass is 483 g/mol. The van der Waals surface area contributed by atoms with Crippen LogP contribution < -0.4 is 4.74 Å². The summed E-state index contributed by atoms with van der Waals surface area (Å²) >= 11 is 0. The molecular weight excluding hydrogens is 442 g/mol. The first-order chi connectivity index (χ1) is 17.3. The lowest BCUT2D eigenvalue weighted by atomic mass is 9.74. The molecule has 2 atom stereocenters. The smallest absolute Gasteiger partial charge is 0.199 e. The second-order valence-electron chi connectivity index (χ2n) is 11.7. The maximum Gasteiger partial charge on any atom is 0.199 e. The van der Waals surface area contributed by atoms with Gasteiger partial charge in [-0.25, -0.2) is 0 Å². The van der Waals surface area contributed by atoms with E-state index in [1.807, 2.05) is 0 Å². The lowest BCUT2D eigenvalue weighted by Gasteiger charge is -2.32. The summed E-state index contributed by atoms with van der Waals surface area (Å²) in [5, 5.41) is 2.56. The zero-order valence-corrected chi connectivity index (χ0v) is 22.9. The van der Waals surface area contributed by atoms with E-state index in [-0.39, 0.29) is 11.7 Å². The van der Waals surface area contributed by atoms with Crippen LogP contribution >= 0.6 is 0 Å². The van der Waals surface area contributed by atoms with E-state index in [2.05, 4.69) is 101 Å². The minimum atomic E-state index is -0.186. The highest BCUT2D eigenvalue weighted by Crippen LogP contribution is 2.43. The maximum atomic E-state index is 6.61. The molecule has 3 aromatic carbocycles. The van der Waals surface area contributed by atoms with Crippen molar-refractivity contribution in [1.29, 1.82) is 0 Å². The molecule has 1 fully saturated rings.